The highest BCUT2D eigenvalue weighted by atomic mass is 35.5. The fourth-order valence-corrected chi connectivity index (χ4v) is 6.11. The van der Waals surface area contributed by atoms with Gasteiger partial charge in [-0.3, -0.25) is 10.1 Å². The van der Waals surface area contributed by atoms with Crippen molar-refractivity contribution in [1.29, 1.82) is 0 Å². The van der Waals surface area contributed by atoms with Crippen molar-refractivity contribution in [1.82, 2.24) is 14.5 Å². The molecule has 1 aromatic carbocycles. The van der Waals surface area contributed by atoms with Gasteiger partial charge in [-0.25, -0.2) is 12.8 Å². The van der Waals surface area contributed by atoms with E-state index < -0.39 is 21.8 Å². The number of nitrogens with one attached hydrogen (secondary N) is 1. The van der Waals surface area contributed by atoms with Crippen LogP contribution in [0.2, 0.25) is 8.67 Å². The van der Waals surface area contributed by atoms with E-state index in [-0.39, 0.29) is 35.8 Å². The van der Waals surface area contributed by atoms with E-state index in [2.05, 4.69) is 15.5 Å². The summed E-state index contributed by atoms with van der Waals surface area (Å²) in [6.07, 6.45) is 0.637. The Kier molecular flexibility index (Phi) is 6.31. The second-order valence-corrected chi connectivity index (χ2v) is 11.0. The van der Waals surface area contributed by atoms with Gasteiger partial charge in [0, 0.05) is 19.0 Å². The van der Waals surface area contributed by atoms with Crippen LogP contribution in [0.5, 0.6) is 0 Å². The van der Waals surface area contributed by atoms with Gasteiger partial charge in [-0.2, -0.15) is 4.31 Å². The van der Waals surface area contributed by atoms with Gasteiger partial charge in [0.2, 0.25) is 15.9 Å². The summed E-state index contributed by atoms with van der Waals surface area (Å²) in [5, 5.41) is 10.2. The number of anilines is 1. The number of nitrogens with zero attached hydrogens (tertiary/aromatic N) is 3. The lowest BCUT2D eigenvalue weighted by molar-refractivity contribution is -0.121. The molecule has 4 rings (SSSR count). The van der Waals surface area contributed by atoms with Gasteiger partial charge in [-0.1, -0.05) is 28.3 Å². The average molecular weight is 505 g/mol. The highest BCUT2D eigenvalue weighted by molar-refractivity contribution is 7.89. The van der Waals surface area contributed by atoms with Crippen LogP contribution in [0.15, 0.2) is 39.6 Å². The number of piperidine rings is 1. The molecular formula is C18H15Cl2FN4O4S2. The number of benzene rings is 1. The standard InChI is InChI=1S/C18H15Cl2FN4O4S2/c19-14-9-13(15(20)30-14)17-23-24-18(29-17)22-16(26)10-5-7-25(8-6-10)31(27,28)12-3-1-11(21)2-4-12/h1-4,9-10H,5-8H2,(H,22,24,26). The van der Waals surface area contributed by atoms with E-state index in [1.807, 2.05) is 0 Å². The number of thiophene rings is 1. The Bertz CT molecular complexity index is 1210. The molecule has 8 nitrogen and oxygen atoms in total. The summed E-state index contributed by atoms with van der Waals surface area (Å²) in [6, 6.07) is 6.16. The summed E-state index contributed by atoms with van der Waals surface area (Å²) in [6.45, 7) is 0.325. The molecule has 1 aliphatic rings. The first kappa shape index (κ1) is 22.2. The Labute approximate surface area is 191 Å². The number of rotatable bonds is 5. The van der Waals surface area contributed by atoms with Crippen molar-refractivity contribution >= 4 is 56.5 Å². The second kappa shape index (κ2) is 8.83. The third-order valence-electron chi connectivity index (χ3n) is 4.82. The molecule has 0 saturated carbocycles. The number of halogens is 3. The molecule has 1 fully saturated rings. The smallest absolute Gasteiger partial charge is 0.322 e. The van der Waals surface area contributed by atoms with Crippen molar-refractivity contribution in [3.63, 3.8) is 0 Å². The van der Waals surface area contributed by atoms with Crippen LogP contribution in [-0.2, 0) is 14.8 Å². The molecule has 13 heteroatoms. The number of amides is 1. The van der Waals surface area contributed by atoms with Gasteiger partial charge < -0.3 is 4.42 Å². The van der Waals surface area contributed by atoms with Crippen LogP contribution in [0.25, 0.3) is 11.5 Å². The number of aromatic nitrogens is 2. The summed E-state index contributed by atoms with van der Waals surface area (Å²) < 4.78 is 46.0. The predicted molar refractivity (Wildman–Crippen MR) is 114 cm³/mol. The Morgan fingerprint density at radius 2 is 1.87 bits per heavy atom. The Balaban J connectivity index is 1.37. The summed E-state index contributed by atoms with van der Waals surface area (Å²) >= 11 is 13.1. The van der Waals surface area contributed by atoms with Crippen LogP contribution >= 0.6 is 34.5 Å². The molecular weight excluding hydrogens is 490 g/mol. The molecule has 1 saturated heterocycles. The Morgan fingerprint density at radius 1 is 1.19 bits per heavy atom. The van der Waals surface area contributed by atoms with E-state index in [1.54, 1.807) is 6.07 Å². The molecule has 2 aromatic heterocycles. The molecule has 164 valence electrons. The number of carbonyl (C=O) groups excluding carboxylic acids is 1. The third kappa shape index (κ3) is 4.75. The van der Waals surface area contributed by atoms with Gasteiger partial charge in [0.1, 0.15) is 10.2 Å². The molecule has 0 spiro atoms. The van der Waals surface area contributed by atoms with Crippen molar-refractivity contribution in [2.75, 3.05) is 18.4 Å². The van der Waals surface area contributed by atoms with Crippen LogP contribution in [0, 0.1) is 11.7 Å². The van der Waals surface area contributed by atoms with Crippen LogP contribution < -0.4 is 5.32 Å². The van der Waals surface area contributed by atoms with E-state index in [9.17, 15) is 17.6 Å². The summed E-state index contributed by atoms with van der Waals surface area (Å²) in [5.41, 5.74) is 0.476. The maximum atomic E-state index is 13.1. The number of hydrogen-bond donors (Lipinski definition) is 1. The summed E-state index contributed by atoms with van der Waals surface area (Å²) in [5.74, 6) is -1.15. The van der Waals surface area contributed by atoms with E-state index in [1.165, 1.54) is 16.4 Å². The van der Waals surface area contributed by atoms with Crippen molar-refractivity contribution < 1.29 is 22.0 Å². The van der Waals surface area contributed by atoms with E-state index in [4.69, 9.17) is 27.6 Å². The minimum absolute atomic E-state index is 0.0161. The largest absolute Gasteiger partial charge is 0.403 e. The van der Waals surface area contributed by atoms with Crippen molar-refractivity contribution in [2.24, 2.45) is 5.92 Å². The first-order valence-corrected chi connectivity index (χ1v) is 12.1. The van der Waals surface area contributed by atoms with Gasteiger partial charge in [-0.15, -0.1) is 16.4 Å². The van der Waals surface area contributed by atoms with Crippen molar-refractivity contribution in [3.05, 3.63) is 44.8 Å². The normalized spacial score (nSPS) is 15.8. The highest BCUT2D eigenvalue weighted by Crippen LogP contribution is 2.38. The lowest BCUT2D eigenvalue weighted by Gasteiger charge is -2.30. The number of carbonyl (C=O) groups is 1. The van der Waals surface area contributed by atoms with Crippen LogP contribution in [0.4, 0.5) is 10.4 Å². The molecule has 1 aliphatic heterocycles. The van der Waals surface area contributed by atoms with E-state index in [0.29, 0.717) is 27.1 Å². The van der Waals surface area contributed by atoms with Gasteiger partial charge >= 0.3 is 6.01 Å². The first-order chi connectivity index (χ1) is 14.7. The lowest BCUT2D eigenvalue weighted by atomic mass is 9.97. The average Bonchev–Trinajstić information content (AvgIpc) is 3.33. The fraction of sp³-hybridized carbons (Fsp3) is 0.278. The zero-order valence-corrected chi connectivity index (χ0v) is 18.9. The maximum absolute atomic E-state index is 13.1. The monoisotopic (exact) mass is 504 g/mol. The molecule has 0 aliphatic carbocycles. The first-order valence-electron chi connectivity index (χ1n) is 9.09. The number of hydrogen-bond acceptors (Lipinski definition) is 7. The second-order valence-electron chi connectivity index (χ2n) is 6.77. The van der Waals surface area contributed by atoms with E-state index >= 15 is 0 Å². The quantitative estimate of drug-likeness (QED) is 0.555. The lowest BCUT2D eigenvalue weighted by Crippen LogP contribution is -2.41. The maximum Gasteiger partial charge on any atom is 0.322 e. The molecule has 3 aromatic rings. The van der Waals surface area contributed by atoms with Gasteiger partial charge in [0.25, 0.3) is 5.89 Å². The molecule has 0 atom stereocenters. The molecule has 0 unspecified atom stereocenters. The topological polar surface area (TPSA) is 105 Å². The minimum atomic E-state index is -3.74. The summed E-state index contributed by atoms with van der Waals surface area (Å²) in [7, 11) is -3.74. The van der Waals surface area contributed by atoms with Crippen LogP contribution in [0.3, 0.4) is 0 Å². The van der Waals surface area contributed by atoms with Gasteiger partial charge in [-0.05, 0) is 43.2 Å². The molecule has 31 heavy (non-hydrogen) atoms. The van der Waals surface area contributed by atoms with Crippen molar-refractivity contribution in [3.8, 4) is 11.5 Å². The van der Waals surface area contributed by atoms with Crippen LogP contribution in [-0.4, -0.2) is 41.9 Å². The summed E-state index contributed by atoms with van der Waals surface area (Å²) in [4.78, 5) is 12.6. The zero-order valence-electron chi connectivity index (χ0n) is 15.7. The number of sulfonamides is 1. The fourth-order valence-electron chi connectivity index (χ4n) is 3.19. The molecule has 3 heterocycles. The van der Waals surface area contributed by atoms with Gasteiger partial charge in [0.15, 0.2) is 0 Å². The Hall–Kier alpha value is -2.05. The zero-order chi connectivity index (χ0) is 22.2. The Morgan fingerprint density at radius 3 is 2.48 bits per heavy atom. The molecule has 0 radical (unpaired) electrons. The molecule has 0 bridgehead atoms. The van der Waals surface area contributed by atoms with E-state index in [0.717, 1.165) is 23.5 Å². The predicted octanol–water partition coefficient (Wildman–Crippen LogP) is 4.28. The molecule has 1 N–H and O–H groups in total. The van der Waals surface area contributed by atoms with Crippen LogP contribution in [0.1, 0.15) is 12.8 Å². The SMILES string of the molecule is O=C(Nc1nnc(-c2cc(Cl)sc2Cl)o1)C1CCN(S(=O)(=O)c2ccc(F)cc2)CC1. The highest BCUT2D eigenvalue weighted by Gasteiger charge is 2.32. The van der Waals surface area contributed by atoms with Gasteiger partial charge in [0.05, 0.1) is 14.8 Å². The third-order valence-corrected chi connectivity index (χ3v) is 8.22. The molecule has 1 amide bonds. The minimum Gasteiger partial charge on any atom is -0.403 e. The van der Waals surface area contributed by atoms with Crippen molar-refractivity contribution in [2.45, 2.75) is 17.7 Å².